The molecule has 2 amide bonds. The summed E-state index contributed by atoms with van der Waals surface area (Å²) in [6.45, 7) is 5.98. The minimum Gasteiger partial charge on any atom is -0.326 e. The first-order valence-corrected chi connectivity index (χ1v) is 10.8. The third-order valence-electron chi connectivity index (χ3n) is 5.25. The highest BCUT2D eigenvalue weighted by Crippen LogP contribution is 2.39. The number of hydrogen-bond acceptors (Lipinski definition) is 4. The van der Waals surface area contributed by atoms with Crippen molar-refractivity contribution in [2.75, 3.05) is 5.32 Å². The highest BCUT2D eigenvalue weighted by atomic mass is 32.2. The number of carbonyl (C=O) groups excluding carboxylic acids is 2. The quantitative estimate of drug-likeness (QED) is 0.779. The van der Waals surface area contributed by atoms with E-state index in [4.69, 9.17) is 4.99 Å². The van der Waals surface area contributed by atoms with Gasteiger partial charge in [-0.25, -0.2) is 4.99 Å². The van der Waals surface area contributed by atoms with Crippen molar-refractivity contribution in [3.05, 3.63) is 59.2 Å². The molecule has 29 heavy (non-hydrogen) atoms. The van der Waals surface area contributed by atoms with Gasteiger partial charge >= 0.3 is 0 Å². The number of carbonyl (C=O) groups is 2. The highest BCUT2D eigenvalue weighted by Gasteiger charge is 2.46. The van der Waals surface area contributed by atoms with E-state index in [9.17, 15) is 9.59 Å². The Balaban J connectivity index is 1.50. The van der Waals surface area contributed by atoms with Crippen LogP contribution in [0.4, 0.5) is 11.4 Å². The van der Waals surface area contributed by atoms with Gasteiger partial charge in [0.15, 0.2) is 5.17 Å². The molecule has 0 bridgehead atoms. The average molecular weight is 408 g/mol. The molecule has 150 valence electrons. The summed E-state index contributed by atoms with van der Waals surface area (Å²) >= 11 is 1.41. The molecule has 0 unspecified atom stereocenters. The minimum absolute atomic E-state index is 0.0000160. The predicted molar refractivity (Wildman–Crippen MR) is 119 cm³/mol. The lowest BCUT2D eigenvalue weighted by atomic mass is 10.1. The molecule has 2 fully saturated rings. The summed E-state index contributed by atoms with van der Waals surface area (Å²) in [6.07, 6.45) is 2.15. The standard InChI is InChI=1S/C23H25N3O2S/c1-14-7-9-17(10-8-14)24-23-26(18-11-12-18)22(28)19(29-23)13-20(27)25-21-15(2)5-4-6-16(21)3/h4-10,18-19H,11-13H2,1-3H3,(H,25,27)/t19-/m1/s1. The molecule has 1 aliphatic heterocycles. The van der Waals surface area contributed by atoms with Gasteiger partial charge in [-0.1, -0.05) is 47.7 Å². The summed E-state index contributed by atoms with van der Waals surface area (Å²) in [6, 6.07) is 14.1. The third kappa shape index (κ3) is 4.37. The van der Waals surface area contributed by atoms with Crippen LogP contribution in [0, 0.1) is 20.8 Å². The summed E-state index contributed by atoms with van der Waals surface area (Å²) in [4.78, 5) is 32.2. The van der Waals surface area contributed by atoms with Gasteiger partial charge in [-0.15, -0.1) is 0 Å². The van der Waals surface area contributed by atoms with Crippen molar-refractivity contribution < 1.29 is 9.59 Å². The smallest absolute Gasteiger partial charge is 0.242 e. The van der Waals surface area contributed by atoms with E-state index >= 15 is 0 Å². The second-order valence-corrected chi connectivity index (χ2v) is 8.96. The molecule has 0 radical (unpaired) electrons. The van der Waals surface area contributed by atoms with E-state index in [-0.39, 0.29) is 24.3 Å². The van der Waals surface area contributed by atoms with E-state index in [1.54, 1.807) is 0 Å². The maximum atomic E-state index is 13.0. The second-order valence-electron chi connectivity index (χ2n) is 7.79. The number of amides is 2. The van der Waals surface area contributed by atoms with Crippen molar-refractivity contribution in [3.63, 3.8) is 0 Å². The van der Waals surface area contributed by atoms with E-state index in [0.717, 1.165) is 35.3 Å². The van der Waals surface area contributed by atoms with Crippen molar-refractivity contribution in [1.29, 1.82) is 0 Å². The Hall–Kier alpha value is -2.60. The average Bonchev–Trinajstić information content (AvgIpc) is 3.46. The van der Waals surface area contributed by atoms with Crippen LogP contribution in [0.3, 0.4) is 0 Å². The molecule has 0 spiro atoms. The van der Waals surface area contributed by atoms with Crippen LogP contribution in [0.5, 0.6) is 0 Å². The van der Waals surface area contributed by atoms with Crippen LogP contribution in [0.25, 0.3) is 0 Å². The number of nitrogens with one attached hydrogen (secondary N) is 1. The molecule has 2 aliphatic rings. The van der Waals surface area contributed by atoms with E-state index in [1.165, 1.54) is 17.3 Å². The van der Waals surface area contributed by atoms with E-state index in [0.29, 0.717) is 5.17 Å². The van der Waals surface area contributed by atoms with Crippen LogP contribution in [0.1, 0.15) is 36.0 Å². The first-order chi connectivity index (χ1) is 13.9. The molecular formula is C23H25N3O2S. The number of aryl methyl sites for hydroxylation is 3. The Morgan fingerprint density at radius 3 is 2.38 bits per heavy atom. The Morgan fingerprint density at radius 1 is 1.10 bits per heavy atom. The second kappa shape index (κ2) is 8.03. The van der Waals surface area contributed by atoms with Crippen LogP contribution < -0.4 is 5.32 Å². The van der Waals surface area contributed by atoms with E-state index < -0.39 is 5.25 Å². The van der Waals surface area contributed by atoms with Gasteiger partial charge in [0.05, 0.1) is 5.69 Å². The van der Waals surface area contributed by atoms with Crippen molar-refractivity contribution in [3.8, 4) is 0 Å². The normalized spacial score (nSPS) is 20.4. The fourth-order valence-electron chi connectivity index (χ4n) is 3.46. The number of benzene rings is 2. The number of nitrogens with zero attached hydrogens (tertiary/aromatic N) is 2. The zero-order chi connectivity index (χ0) is 20.5. The van der Waals surface area contributed by atoms with Crippen molar-refractivity contribution in [2.24, 2.45) is 4.99 Å². The number of rotatable bonds is 5. The Bertz CT molecular complexity index is 960. The fourth-order valence-corrected chi connectivity index (χ4v) is 4.68. The zero-order valence-corrected chi connectivity index (χ0v) is 17.8. The zero-order valence-electron chi connectivity index (χ0n) is 16.9. The molecule has 1 saturated carbocycles. The van der Waals surface area contributed by atoms with Crippen LogP contribution in [0.15, 0.2) is 47.5 Å². The van der Waals surface area contributed by atoms with Crippen LogP contribution in [-0.2, 0) is 9.59 Å². The predicted octanol–water partition coefficient (Wildman–Crippen LogP) is 4.73. The summed E-state index contributed by atoms with van der Waals surface area (Å²) in [5.41, 5.74) is 4.87. The van der Waals surface area contributed by atoms with Gasteiger partial charge in [-0.3, -0.25) is 14.5 Å². The van der Waals surface area contributed by atoms with Crippen molar-refractivity contribution in [2.45, 2.75) is 51.3 Å². The van der Waals surface area contributed by atoms with Gasteiger partial charge < -0.3 is 5.32 Å². The summed E-state index contributed by atoms with van der Waals surface area (Å²) in [5.74, 6) is -0.138. The molecule has 5 nitrogen and oxygen atoms in total. The van der Waals surface area contributed by atoms with E-state index in [2.05, 4.69) is 5.32 Å². The Morgan fingerprint density at radius 2 is 1.76 bits per heavy atom. The van der Waals surface area contributed by atoms with Gasteiger partial charge in [-0.2, -0.15) is 0 Å². The van der Waals surface area contributed by atoms with Gasteiger partial charge in [0, 0.05) is 18.2 Å². The van der Waals surface area contributed by atoms with Gasteiger partial charge in [0.1, 0.15) is 5.25 Å². The van der Waals surface area contributed by atoms with Crippen LogP contribution in [0.2, 0.25) is 0 Å². The molecular weight excluding hydrogens is 382 g/mol. The Labute approximate surface area is 175 Å². The van der Waals surface area contributed by atoms with Crippen molar-refractivity contribution >= 4 is 40.1 Å². The third-order valence-corrected chi connectivity index (χ3v) is 6.41. The molecule has 2 aromatic rings. The molecule has 1 N–H and O–H groups in total. The molecule has 4 rings (SSSR count). The first-order valence-electron chi connectivity index (χ1n) is 9.93. The Kier molecular flexibility index (Phi) is 5.46. The molecule has 1 atom stereocenters. The molecule has 1 aliphatic carbocycles. The number of hydrogen-bond donors (Lipinski definition) is 1. The summed E-state index contributed by atoms with van der Waals surface area (Å²) < 4.78 is 0. The number of para-hydroxylation sites is 1. The first kappa shape index (κ1) is 19.7. The lowest BCUT2D eigenvalue weighted by molar-refractivity contribution is -0.128. The van der Waals surface area contributed by atoms with Gasteiger partial charge in [-0.05, 0) is 56.9 Å². The van der Waals surface area contributed by atoms with Gasteiger partial charge in [0.25, 0.3) is 0 Å². The largest absolute Gasteiger partial charge is 0.326 e. The van der Waals surface area contributed by atoms with Gasteiger partial charge in [0.2, 0.25) is 11.8 Å². The SMILES string of the molecule is Cc1ccc(N=C2S[C@H](CC(=O)Nc3c(C)cccc3C)C(=O)N2C2CC2)cc1. The molecule has 6 heteroatoms. The number of amidine groups is 1. The number of thioether (sulfide) groups is 1. The van der Waals surface area contributed by atoms with E-state index in [1.807, 2.05) is 68.1 Å². The van der Waals surface area contributed by atoms with Crippen LogP contribution in [-0.4, -0.2) is 33.2 Å². The molecule has 1 saturated heterocycles. The minimum atomic E-state index is -0.427. The molecule has 2 aromatic carbocycles. The monoisotopic (exact) mass is 407 g/mol. The molecule has 0 aromatic heterocycles. The maximum Gasteiger partial charge on any atom is 0.242 e. The lowest BCUT2D eigenvalue weighted by Gasteiger charge is -2.15. The highest BCUT2D eigenvalue weighted by molar-refractivity contribution is 8.15. The topological polar surface area (TPSA) is 61.8 Å². The fraction of sp³-hybridized carbons (Fsp3) is 0.348. The number of anilines is 1. The summed E-state index contributed by atoms with van der Waals surface area (Å²) in [5, 5.41) is 3.28. The number of aliphatic imine (C=N–C) groups is 1. The molecule has 1 heterocycles. The van der Waals surface area contributed by atoms with Crippen molar-refractivity contribution in [1.82, 2.24) is 4.90 Å². The van der Waals surface area contributed by atoms with Crippen LogP contribution >= 0.6 is 11.8 Å². The summed E-state index contributed by atoms with van der Waals surface area (Å²) in [7, 11) is 0. The lowest BCUT2D eigenvalue weighted by Crippen LogP contribution is -2.35. The maximum absolute atomic E-state index is 13.0.